The predicted molar refractivity (Wildman–Crippen MR) is 145 cm³/mol. The lowest BCUT2D eigenvalue weighted by Crippen LogP contribution is -2.31. The Labute approximate surface area is 212 Å². The average Bonchev–Trinajstić information content (AvgIpc) is 3.23. The fourth-order valence-corrected chi connectivity index (χ4v) is 4.86. The van der Waals surface area contributed by atoms with Crippen LogP contribution in [0.25, 0.3) is 22.0 Å². The summed E-state index contributed by atoms with van der Waals surface area (Å²) in [7, 11) is 0. The minimum atomic E-state index is 0.511. The number of ether oxygens (including phenoxy) is 1. The number of nitrogens with zero attached hydrogens (tertiary/aromatic N) is 3. The number of nitriles is 1. The molecule has 36 heavy (non-hydrogen) atoms. The first-order chi connectivity index (χ1) is 17.6. The highest BCUT2D eigenvalue weighted by atomic mass is 16.5. The molecule has 7 nitrogen and oxygen atoms in total. The van der Waals surface area contributed by atoms with Crippen LogP contribution in [0.1, 0.15) is 23.2 Å². The zero-order valence-corrected chi connectivity index (χ0v) is 20.9. The molecule has 0 aliphatic carbocycles. The summed E-state index contributed by atoms with van der Waals surface area (Å²) in [6.45, 7) is 9.97. The van der Waals surface area contributed by atoms with Crippen molar-refractivity contribution in [2.24, 2.45) is 0 Å². The maximum absolute atomic E-state index is 9.87. The lowest BCUT2D eigenvalue weighted by Gasteiger charge is -2.20. The minimum Gasteiger partial charge on any atom is -0.492 e. The molecule has 184 valence electrons. The molecule has 0 unspecified atom stereocenters. The molecule has 0 atom stereocenters. The van der Waals surface area contributed by atoms with Crippen LogP contribution in [0, 0.1) is 25.2 Å². The molecule has 4 aromatic rings. The Bertz CT molecular complexity index is 1380. The van der Waals surface area contributed by atoms with E-state index in [0.717, 1.165) is 83.1 Å². The van der Waals surface area contributed by atoms with Gasteiger partial charge in [0.15, 0.2) is 0 Å². The standard InChI is InChI=1S/C29H32N6O/c1-20-25-10-12-32-27(25)9-8-26(20)34-29-23(18-30)19-33-21(2)28(29)22-4-6-24(7-5-22)36-17-16-35-14-3-11-31-13-15-35/h4-10,12,19,31-32H,3,11,13-17H2,1-2H3,(H,33,34). The van der Waals surface area contributed by atoms with Gasteiger partial charge in [0.2, 0.25) is 0 Å². The van der Waals surface area contributed by atoms with Gasteiger partial charge in [-0.25, -0.2) is 0 Å². The summed E-state index contributed by atoms with van der Waals surface area (Å²) in [6.07, 6.45) is 4.76. The van der Waals surface area contributed by atoms with Gasteiger partial charge in [0.25, 0.3) is 0 Å². The highest BCUT2D eigenvalue weighted by molar-refractivity contribution is 5.92. The average molecular weight is 481 g/mol. The lowest BCUT2D eigenvalue weighted by atomic mass is 9.99. The molecular weight excluding hydrogens is 448 g/mol. The molecule has 0 spiro atoms. The zero-order valence-electron chi connectivity index (χ0n) is 20.9. The summed E-state index contributed by atoms with van der Waals surface area (Å²) in [5, 5.41) is 18.0. The number of anilines is 2. The summed E-state index contributed by atoms with van der Waals surface area (Å²) in [4.78, 5) is 10.2. The molecule has 3 heterocycles. The maximum atomic E-state index is 9.87. The van der Waals surface area contributed by atoms with Crippen LogP contribution in [-0.4, -0.2) is 54.2 Å². The van der Waals surface area contributed by atoms with Crippen LogP contribution in [-0.2, 0) is 0 Å². The lowest BCUT2D eigenvalue weighted by molar-refractivity contribution is 0.217. The van der Waals surface area contributed by atoms with Crippen molar-refractivity contribution >= 4 is 22.3 Å². The van der Waals surface area contributed by atoms with Gasteiger partial charge in [0, 0.05) is 59.9 Å². The number of aryl methyl sites for hydroxylation is 2. The molecule has 2 aromatic heterocycles. The quantitative estimate of drug-likeness (QED) is 0.340. The highest BCUT2D eigenvalue weighted by Gasteiger charge is 2.17. The van der Waals surface area contributed by atoms with Crippen LogP contribution in [0.4, 0.5) is 11.4 Å². The Morgan fingerprint density at radius 2 is 1.94 bits per heavy atom. The van der Waals surface area contributed by atoms with Gasteiger partial charge < -0.3 is 20.4 Å². The number of aromatic amines is 1. The third-order valence-corrected chi connectivity index (χ3v) is 6.90. The van der Waals surface area contributed by atoms with Crippen LogP contribution in [0.15, 0.2) is 54.9 Å². The molecule has 1 aliphatic rings. The molecular formula is C29H32N6O. The minimum absolute atomic E-state index is 0.511. The SMILES string of the molecule is Cc1ncc(C#N)c(Nc2ccc3[nH]ccc3c2C)c1-c1ccc(OCCN2CCCNCC2)cc1. The van der Waals surface area contributed by atoms with Crippen molar-refractivity contribution in [3.8, 4) is 22.9 Å². The Kier molecular flexibility index (Phi) is 7.17. The molecule has 1 aliphatic heterocycles. The van der Waals surface area contributed by atoms with E-state index < -0.39 is 0 Å². The summed E-state index contributed by atoms with van der Waals surface area (Å²) < 4.78 is 6.04. The number of H-pyrrole nitrogens is 1. The molecule has 2 aromatic carbocycles. The van der Waals surface area contributed by atoms with E-state index in [9.17, 15) is 5.26 Å². The molecule has 0 radical (unpaired) electrons. The second-order valence-electron chi connectivity index (χ2n) is 9.24. The highest BCUT2D eigenvalue weighted by Crippen LogP contribution is 2.37. The molecule has 3 N–H and O–H groups in total. The monoisotopic (exact) mass is 480 g/mol. The Balaban J connectivity index is 1.38. The number of fused-ring (bicyclic) bond motifs is 1. The molecule has 0 amide bonds. The van der Waals surface area contributed by atoms with Crippen molar-refractivity contribution in [3.63, 3.8) is 0 Å². The van der Waals surface area contributed by atoms with E-state index in [1.54, 1.807) is 6.20 Å². The number of rotatable bonds is 7. The van der Waals surface area contributed by atoms with Gasteiger partial charge in [0.1, 0.15) is 18.4 Å². The molecule has 1 saturated heterocycles. The molecule has 7 heteroatoms. The van der Waals surface area contributed by atoms with Gasteiger partial charge in [-0.2, -0.15) is 5.26 Å². The van der Waals surface area contributed by atoms with E-state index >= 15 is 0 Å². The van der Waals surface area contributed by atoms with E-state index in [-0.39, 0.29) is 0 Å². The number of aromatic nitrogens is 2. The largest absolute Gasteiger partial charge is 0.492 e. The van der Waals surface area contributed by atoms with Crippen molar-refractivity contribution in [2.45, 2.75) is 20.3 Å². The molecule has 5 rings (SSSR count). The van der Waals surface area contributed by atoms with Gasteiger partial charge in [-0.15, -0.1) is 0 Å². The first-order valence-electron chi connectivity index (χ1n) is 12.5. The van der Waals surface area contributed by atoms with Crippen LogP contribution in [0.5, 0.6) is 5.75 Å². The summed E-state index contributed by atoms with van der Waals surface area (Å²) >= 11 is 0. The van der Waals surface area contributed by atoms with Crippen LogP contribution in [0.3, 0.4) is 0 Å². The maximum Gasteiger partial charge on any atom is 0.119 e. The fraction of sp³-hybridized carbons (Fsp3) is 0.310. The van der Waals surface area contributed by atoms with Gasteiger partial charge in [-0.3, -0.25) is 9.88 Å². The summed E-state index contributed by atoms with van der Waals surface area (Å²) in [5.41, 5.74) is 7.24. The van der Waals surface area contributed by atoms with Crippen molar-refractivity contribution in [1.82, 2.24) is 20.2 Å². The predicted octanol–water partition coefficient (Wildman–Crippen LogP) is 5.14. The first kappa shape index (κ1) is 23.9. The van der Waals surface area contributed by atoms with E-state index in [0.29, 0.717) is 12.2 Å². The third kappa shape index (κ3) is 5.06. The summed E-state index contributed by atoms with van der Waals surface area (Å²) in [6, 6.07) is 16.6. The van der Waals surface area contributed by atoms with Crippen molar-refractivity contribution in [1.29, 1.82) is 5.26 Å². The normalized spacial score (nSPS) is 14.4. The van der Waals surface area contributed by atoms with Gasteiger partial charge in [-0.1, -0.05) is 12.1 Å². The van der Waals surface area contributed by atoms with Gasteiger partial charge in [0.05, 0.1) is 11.3 Å². The van der Waals surface area contributed by atoms with Crippen LogP contribution in [0.2, 0.25) is 0 Å². The zero-order chi connectivity index (χ0) is 24.9. The van der Waals surface area contributed by atoms with Crippen LogP contribution < -0.4 is 15.4 Å². The van der Waals surface area contributed by atoms with E-state index in [4.69, 9.17) is 4.74 Å². The van der Waals surface area contributed by atoms with E-state index in [2.05, 4.69) is 50.6 Å². The Hall–Kier alpha value is -3.86. The molecule has 1 fully saturated rings. The Morgan fingerprint density at radius 1 is 1.08 bits per heavy atom. The van der Waals surface area contributed by atoms with Crippen molar-refractivity contribution in [3.05, 3.63) is 71.7 Å². The topological polar surface area (TPSA) is 89.0 Å². The third-order valence-electron chi connectivity index (χ3n) is 6.90. The van der Waals surface area contributed by atoms with Crippen LogP contribution >= 0.6 is 0 Å². The Morgan fingerprint density at radius 3 is 2.78 bits per heavy atom. The van der Waals surface area contributed by atoms with Crippen molar-refractivity contribution < 1.29 is 4.74 Å². The van der Waals surface area contributed by atoms with Gasteiger partial charge in [-0.05, 0) is 74.8 Å². The fourth-order valence-electron chi connectivity index (χ4n) is 4.86. The van der Waals surface area contributed by atoms with E-state index in [1.165, 1.54) is 6.42 Å². The smallest absolute Gasteiger partial charge is 0.119 e. The number of pyridine rings is 1. The summed E-state index contributed by atoms with van der Waals surface area (Å²) in [5.74, 6) is 0.844. The molecule has 0 bridgehead atoms. The number of hydrogen-bond donors (Lipinski definition) is 3. The van der Waals surface area contributed by atoms with Gasteiger partial charge >= 0.3 is 0 Å². The second-order valence-corrected chi connectivity index (χ2v) is 9.24. The van der Waals surface area contributed by atoms with Crippen molar-refractivity contribution in [2.75, 3.05) is 44.6 Å². The first-order valence-corrected chi connectivity index (χ1v) is 12.5. The number of nitrogens with one attached hydrogen (secondary N) is 3. The van der Waals surface area contributed by atoms with E-state index in [1.807, 2.05) is 43.5 Å². The number of hydrogen-bond acceptors (Lipinski definition) is 6. The molecule has 0 saturated carbocycles. The second kappa shape index (κ2) is 10.8. The number of benzene rings is 2.